The lowest BCUT2D eigenvalue weighted by Gasteiger charge is -2.45. The first-order chi connectivity index (χ1) is 15.5. The highest BCUT2D eigenvalue weighted by molar-refractivity contribution is 6.24. The van der Waals surface area contributed by atoms with Crippen LogP contribution in [0.1, 0.15) is 34.3 Å². The van der Waals surface area contributed by atoms with E-state index in [9.17, 15) is 34.8 Å². The van der Waals surface area contributed by atoms with Gasteiger partial charge in [0.15, 0.2) is 11.4 Å². The number of nitrogens with two attached hydrogens (primary N) is 1. The number of aliphatic hydroxyl groups excluding tert-OH is 2. The van der Waals surface area contributed by atoms with Gasteiger partial charge in [-0.3, -0.25) is 19.3 Å². The quantitative estimate of drug-likeness (QED) is 0.327. The van der Waals surface area contributed by atoms with Crippen LogP contribution >= 0.6 is 0 Å². The van der Waals surface area contributed by atoms with E-state index in [-0.39, 0.29) is 29.7 Å². The molecule has 6 N–H and O–H groups in total. The summed E-state index contributed by atoms with van der Waals surface area (Å²) in [5, 5.41) is 43.3. The molecule has 9 nitrogen and oxygen atoms in total. The minimum atomic E-state index is -2.55. The number of hydrogen-bond acceptors (Lipinski definition) is 8. The summed E-state index contributed by atoms with van der Waals surface area (Å²) in [6.45, 7) is 4.59. The van der Waals surface area contributed by atoms with Gasteiger partial charge in [-0.15, -0.1) is 6.58 Å². The first-order valence-electron chi connectivity index (χ1n) is 10.6. The number of allylic oxidation sites excluding steroid dienone is 2. The lowest BCUT2D eigenvalue weighted by Crippen LogP contribution is -2.57. The maximum Gasteiger partial charge on any atom is 0.255 e. The first-order valence-corrected chi connectivity index (χ1v) is 10.6. The Morgan fingerprint density at radius 2 is 1.97 bits per heavy atom. The second-order valence-corrected chi connectivity index (χ2v) is 9.00. The molecule has 33 heavy (non-hydrogen) atoms. The summed E-state index contributed by atoms with van der Waals surface area (Å²) in [4.78, 5) is 40.0. The van der Waals surface area contributed by atoms with Crippen LogP contribution in [0.5, 0.6) is 5.75 Å². The normalized spacial score (nSPS) is 26.8. The van der Waals surface area contributed by atoms with E-state index in [2.05, 4.69) is 6.58 Å². The molecule has 4 rings (SSSR count). The number of ketones is 2. The van der Waals surface area contributed by atoms with Gasteiger partial charge in [0.1, 0.15) is 22.8 Å². The fraction of sp³-hybridized carbons (Fsp3) is 0.375. The molecule has 174 valence electrons. The molecule has 0 saturated heterocycles. The highest BCUT2D eigenvalue weighted by Crippen LogP contribution is 2.51. The van der Waals surface area contributed by atoms with Gasteiger partial charge >= 0.3 is 0 Å². The lowest BCUT2D eigenvalue weighted by molar-refractivity contribution is -0.144. The number of primary amides is 1. The van der Waals surface area contributed by atoms with Gasteiger partial charge in [0.25, 0.3) is 5.91 Å². The van der Waals surface area contributed by atoms with Crippen molar-refractivity contribution in [2.45, 2.75) is 31.4 Å². The summed E-state index contributed by atoms with van der Waals surface area (Å²) in [5.41, 5.74) is 2.84. The molecular formula is C24H26N2O7. The molecule has 1 amide bonds. The van der Waals surface area contributed by atoms with Gasteiger partial charge in [0.05, 0.1) is 5.56 Å². The molecule has 3 aliphatic rings. The molecule has 1 aromatic carbocycles. The number of phenolic OH excluding ortho intramolecular Hbond substituents is 1. The summed E-state index contributed by atoms with van der Waals surface area (Å²) >= 11 is 0. The highest BCUT2D eigenvalue weighted by atomic mass is 16.3. The van der Waals surface area contributed by atoms with E-state index in [4.69, 9.17) is 5.73 Å². The number of benzene rings is 1. The van der Waals surface area contributed by atoms with Gasteiger partial charge < -0.3 is 26.2 Å². The number of carbonyl (C=O) groups excluding carboxylic acids is 3. The fourth-order valence-electron chi connectivity index (χ4n) is 5.34. The van der Waals surface area contributed by atoms with Gasteiger partial charge in [-0.2, -0.15) is 0 Å². The van der Waals surface area contributed by atoms with Gasteiger partial charge in [0, 0.05) is 36.6 Å². The molecule has 0 spiro atoms. The Bertz CT molecular complexity index is 1170. The summed E-state index contributed by atoms with van der Waals surface area (Å²) in [6.07, 6.45) is 1.88. The van der Waals surface area contributed by atoms with Crippen LogP contribution in [0, 0.1) is 11.8 Å². The van der Waals surface area contributed by atoms with Crippen molar-refractivity contribution in [1.82, 2.24) is 4.90 Å². The number of aliphatic hydroxyl groups is 3. The van der Waals surface area contributed by atoms with Crippen molar-refractivity contribution in [3.05, 3.63) is 64.1 Å². The number of fused-ring (bicyclic) bond motifs is 3. The zero-order chi connectivity index (χ0) is 24.2. The number of nitrogens with zero attached hydrogens (tertiary/aromatic N) is 1. The van der Waals surface area contributed by atoms with Crippen molar-refractivity contribution >= 4 is 17.5 Å². The van der Waals surface area contributed by atoms with Gasteiger partial charge in [-0.05, 0) is 31.4 Å². The third-order valence-electron chi connectivity index (χ3n) is 6.90. The van der Waals surface area contributed by atoms with Crippen LogP contribution < -0.4 is 5.73 Å². The van der Waals surface area contributed by atoms with Gasteiger partial charge in [0.2, 0.25) is 5.78 Å². The van der Waals surface area contributed by atoms with E-state index >= 15 is 0 Å². The van der Waals surface area contributed by atoms with E-state index < -0.39 is 52.0 Å². The number of phenols is 1. The number of hydrogen-bond donors (Lipinski definition) is 5. The molecule has 0 aromatic heterocycles. The second-order valence-electron chi connectivity index (χ2n) is 9.00. The predicted molar refractivity (Wildman–Crippen MR) is 117 cm³/mol. The second kappa shape index (κ2) is 7.86. The molecule has 0 fully saturated rings. The number of likely N-dealkylation sites (N-methyl/N-ethyl adjacent to an activating group) is 1. The number of rotatable bonds is 5. The molecule has 3 atom stereocenters. The van der Waals surface area contributed by atoms with Crippen molar-refractivity contribution < 1.29 is 34.8 Å². The maximum absolute atomic E-state index is 13.5. The molecule has 3 aliphatic carbocycles. The summed E-state index contributed by atoms with van der Waals surface area (Å²) in [5.74, 6) is -6.19. The Hall–Kier alpha value is -3.43. The van der Waals surface area contributed by atoms with Crippen molar-refractivity contribution in [2.24, 2.45) is 17.6 Å². The Kier molecular flexibility index (Phi) is 5.42. The summed E-state index contributed by atoms with van der Waals surface area (Å²) in [7, 11) is 1.83. The van der Waals surface area contributed by atoms with Crippen molar-refractivity contribution in [3.63, 3.8) is 0 Å². The molecule has 0 heterocycles. The highest BCUT2D eigenvalue weighted by Gasteiger charge is 2.59. The summed E-state index contributed by atoms with van der Waals surface area (Å²) < 4.78 is 0. The Morgan fingerprint density at radius 3 is 2.61 bits per heavy atom. The van der Waals surface area contributed by atoms with Gasteiger partial charge in [-0.25, -0.2) is 0 Å². The van der Waals surface area contributed by atoms with Crippen molar-refractivity contribution in [3.8, 4) is 5.75 Å². The maximum atomic E-state index is 13.5. The standard InChI is InChI=1S/C24H26N2O7/c1-3-6-26(2)10-12-5-4-11-7-13-8-14-9-15(27)18(23(25)32)22(31)24(14,33)21(30)17(13)20(29)16(11)19(12)28/h3-5,13-14,27-28,30,33H,1,6-10H2,2H3,(H2,25,32)/t13-,14-,24-/m0/s1. The van der Waals surface area contributed by atoms with E-state index in [0.29, 0.717) is 30.6 Å². The van der Waals surface area contributed by atoms with Crippen LogP contribution in [0.2, 0.25) is 0 Å². The Balaban J connectivity index is 1.81. The van der Waals surface area contributed by atoms with Gasteiger partial charge in [-0.1, -0.05) is 18.2 Å². The summed E-state index contributed by atoms with van der Waals surface area (Å²) in [6, 6.07) is 3.50. The van der Waals surface area contributed by atoms with Crippen LogP contribution in [0.25, 0.3) is 0 Å². The zero-order valence-corrected chi connectivity index (χ0v) is 18.2. The van der Waals surface area contributed by atoms with E-state index in [1.165, 1.54) is 0 Å². The molecule has 9 heteroatoms. The molecule has 1 aromatic rings. The predicted octanol–water partition coefficient (Wildman–Crippen LogP) is 1.20. The Labute approximate surface area is 190 Å². The van der Waals surface area contributed by atoms with Crippen LogP contribution in [0.15, 0.2) is 47.5 Å². The van der Waals surface area contributed by atoms with E-state index in [1.807, 2.05) is 11.9 Å². The number of carbonyl (C=O) groups is 3. The SMILES string of the molecule is C=CCN(C)Cc1ccc2c(c1O)C(=O)C1=C(O)[C@]3(O)C(=O)C(C(N)=O)=C(O)C[C@@H]3C[C@@H]1C2. The van der Waals surface area contributed by atoms with E-state index in [0.717, 1.165) is 0 Å². The van der Waals surface area contributed by atoms with Crippen molar-refractivity contribution in [1.29, 1.82) is 0 Å². The lowest BCUT2D eigenvalue weighted by atomic mass is 9.60. The third-order valence-corrected chi connectivity index (χ3v) is 6.90. The first kappa shape index (κ1) is 22.8. The number of aromatic hydroxyl groups is 1. The molecule has 0 aliphatic heterocycles. The minimum Gasteiger partial charge on any atom is -0.511 e. The third kappa shape index (κ3) is 3.27. The van der Waals surface area contributed by atoms with Crippen LogP contribution in [-0.4, -0.2) is 62.0 Å². The molecule has 0 bridgehead atoms. The minimum absolute atomic E-state index is 0.0242. The average Bonchev–Trinajstić information content (AvgIpc) is 2.72. The molecule has 0 saturated carbocycles. The van der Waals surface area contributed by atoms with Crippen molar-refractivity contribution in [2.75, 3.05) is 13.6 Å². The smallest absolute Gasteiger partial charge is 0.255 e. The largest absolute Gasteiger partial charge is 0.511 e. The van der Waals surface area contributed by atoms with Crippen LogP contribution in [0.3, 0.4) is 0 Å². The van der Waals surface area contributed by atoms with Crippen LogP contribution in [0.4, 0.5) is 0 Å². The Morgan fingerprint density at radius 1 is 1.27 bits per heavy atom. The number of amides is 1. The average molecular weight is 454 g/mol. The number of Topliss-reactive ketones (excluding diaryl/α,β-unsaturated/α-hetero) is 2. The fourth-order valence-corrected chi connectivity index (χ4v) is 5.34. The van der Waals surface area contributed by atoms with E-state index in [1.54, 1.807) is 18.2 Å². The molecule has 0 unspecified atom stereocenters. The van der Waals surface area contributed by atoms with Crippen LogP contribution in [-0.2, 0) is 22.6 Å². The topological polar surface area (TPSA) is 161 Å². The molecular weight excluding hydrogens is 428 g/mol. The molecule has 0 radical (unpaired) electrons. The monoisotopic (exact) mass is 454 g/mol. The zero-order valence-electron chi connectivity index (χ0n) is 18.2.